The van der Waals surface area contributed by atoms with E-state index in [2.05, 4.69) is 14.9 Å². The number of ether oxygens (including phenoxy) is 1. The summed E-state index contributed by atoms with van der Waals surface area (Å²) in [5.41, 5.74) is 2.44. The summed E-state index contributed by atoms with van der Waals surface area (Å²) in [4.78, 5) is 23.9. The van der Waals surface area contributed by atoms with Gasteiger partial charge in [-0.2, -0.15) is 0 Å². The van der Waals surface area contributed by atoms with Crippen molar-refractivity contribution in [3.05, 3.63) is 58.6 Å². The lowest BCUT2D eigenvalue weighted by Gasteiger charge is -2.14. The molecule has 1 aromatic carbocycles. The minimum atomic E-state index is -0.0898. The maximum absolute atomic E-state index is 12.4. The van der Waals surface area contributed by atoms with Crippen LogP contribution < -0.4 is 10.3 Å². The molecule has 0 saturated carbocycles. The van der Waals surface area contributed by atoms with Gasteiger partial charge in [0.2, 0.25) is 5.78 Å². The molecule has 3 heterocycles. The van der Waals surface area contributed by atoms with E-state index < -0.39 is 0 Å². The third-order valence-corrected chi connectivity index (χ3v) is 4.56. The summed E-state index contributed by atoms with van der Waals surface area (Å²) in [7, 11) is 1.64. The van der Waals surface area contributed by atoms with E-state index in [0.29, 0.717) is 12.3 Å². The molecule has 2 aromatic heterocycles. The molecule has 128 valence electrons. The second-order valence-electron chi connectivity index (χ2n) is 6.28. The van der Waals surface area contributed by atoms with E-state index in [-0.39, 0.29) is 5.56 Å². The first kappa shape index (κ1) is 15.8. The predicted molar refractivity (Wildman–Crippen MR) is 95.8 cm³/mol. The number of fused-ring (bicyclic) bond motifs is 1. The van der Waals surface area contributed by atoms with Gasteiger partial charge in [0.15, 0.2) is 0 Å². The Morgan fingerprint density at radius 2 is 1.84 bits per heavy atom. The molecular weight excluding hydrogens is 316 g/mol. The fourth-order valence-electron chi connectivity index (χ4n) is 3.21. The highest BCUT2D eigenvalue weighted by atomic mass is 16.5. The van der Waals surface area contributed by atoms with Gasteiger partial charge in [0.1, 0.15) is 5.75 Å². The van der Waals surface area contributed by atoms with Crippen molar-refractivity contribution in [1.82, 2.24) is 19.3 Å². The third-order valence-electron chi connectivity index (χ3n) is 4.56. The molecule has 1 fully saturated rings. The minimum absolute atomic E-state index is 0.0898. The van der Waals surface area contributed by atoms with Crippen molar-refractivity contribution in [2.45, 2.75) is 19.4 Å². The lowest BCUT2D eigenvalue weighted by Crippen LogP contribution is -2.23. The summed E-state index contributed by atoms with van der Waals surface area (Å²) in [6, 6.07) is 11.1. The Morgan fingerprint density at radius 3 is 2.56 bits per heavy atom. The quantitative estimate of drug-likeness (QED) is 0.732. The fraction of sp³-hybridized carbons (Fsp3) is 0.316. The number of aromatic nitrogens is 3. The van der Waals surface area contributed by atoms with Crippen molar-refractivity contribution in [2.75, 3.05) is 20.2 Å². The average Bonchev–Trinajstić information content (AvgIpc) is 3.14. The van der Waals surface area contributed by atoms with Gasteiger partial charge in [0.05, 0.1) is 18.5 Å². The van der Waals surface area contributed by atoms with Gasteiger partial charge in [0, 0.05) is 24.4 Å². The Bertz CT molecular complexity index is 944. The summed E-state index contributed by atoms with van der Waals surface area (Å²) >= 11 is 0. The van der Waals surface area contributed by atoms with E-state index in [9.17, 15) is 4.79 Å². The van der Waals surface area contributed by atoms with Crippen LogP contribution in [-0.2, 0) is 6.54 Å². The third kappa shape index (κ3) is 3.25. The molecule has 0 aliphatic carbocycles. The van der Waals surface area contributed by atoms with Gasteiger partial charge in [0.25, 0.3) is 5.56 Å². The Balaban J connectivity index is 1.71. The van der Waals surface area contributed by atoms with E-state index >= 15 is 0 Å². The first-order chi connectivity index (χ1) is 12.2. The van der Waals surface area contributed by atoms with Gasteiger partial charge < -0.3 is 4.74 Å². The lowest BCUT2D eigenvalue weighted by molar-refractivity contribution is 0.327. The van der Waals surface area contributed by atoms with E-state index in [0.717, 1.165) is 35.8 Å². The van der Waals surface area contributed by atoms with Crippen LogP contribution in [0.15, 0.2) is 47.4 Å². The van der Waals surface area contributed by atoms with Gasteiger partial charge >= 0.3 is 0 Å². The molecule has 1 aliphatic rings. The van der Waals surface area contributed by atoms with Gasteiger partial charge in [-0.15, -0.1) is 0 Å². The molecule has 25 heavy (non-hydrogen) atoms. The molecule has 0 unspecified atom stereocenters. The van der Waals surface area contributed by atoms with Crippen LogP contribution in [0.3, 0.4) is 0 Å². The maximum atomic E-state index is 12.4. The van der Waals surface area contributed by atoms with Crippen molar-refractivity contribution in [1.29, 1.82) is 0 Å². The van der Waals surface area contributed by atoms with Crippen molar-refractivity contribution in [2.24, 2.45) is 0 Å². The second-order valence-corrected chi connectivity index (χ2v) is 6.28. The minimum Gasteiger partial charge on any atom is -0.497 e. The highest BCUT2D eigenvalue weighted by molar-refractivity contribution is 5.61. The molecule has 0 spiro atoms. The van der Waals surface area contributed by atoms with Crippen LogP contribution in [0.1, 0.15) is 18.5 Å². The van der Waals surface area contributed by atoms with Gasteiger partial charge in [-0.1, -0.05) is 0 Å². The zero-order valence-electron chi connectivity index (χ0n) is 14.2. The zero-order chi connectivity index (χ0) is 17.2. The molecule has 0 N–H and O–H groups in total. The summed E-state index contributed by atoms with van der Waals surface area (Å²) in [6.07, 6.45) is 4.16. The van der Waals surface area contributed by atoms with E-state index in [1.807, 2.05) is 30.3 Å². The first-order valence-electron chi connectivity index (χ1n) is 8.49. The lowest BCUT2D eigenvalue weighted by atomic mass is 10.1. The predicted octanol–water partition coefficient (Wildman–Crippen LogP) is 2.36. The molecule has 1 aliphatic heterocycles. The monoisotopic (exact) mass is 336 g/mol. The first-order valence-corrected chi connectivity index (χ1v) is 8.49. The van der Waals surface area contributed by atoms with Crippen molar-refractivity contribution < 1.29 is 4.74 Å². The van der Waals surface area contributed by atoms with E-state index in [1.54, 1.807) is 19.4 Å². The van der Waals surface area contributed by atoms with Crippen LogP contribution in [-0.4, -0.2) is 39.5 Å². The molecule has 4 rings (SSSR count). The van der Waals surface area contributed by atoms with Gasteiger partial charge in [-0.25, -0.2) is 9.97 Å². The average molecular weight is 336 g/mol. The Hall–Kier alpha value is -2.73. The molecule has 0 atom stereocenters. The Morgan fingerprint density at radius 1 is 1.08 bits per heavy atom. The number of likely N-dealkylation sites (tertiary alicyclic amines) is 1. The molecule has 1 saturated heterocycles. The van der Waals surface area contributed by atoms with E-state index in [1.165, 1.54) is 17.2 Å². The zero-order valence-corrected chi connectivity index (χ0v) is 14.2. The molecule has 6 heteroatoms. The standard InChI is InChI=1S/C19H20N4O2/c1-25-16-6-4-14(5-7-16)17-8-11-23-18(24)12-15(20-19(23)21-17)13-22-9-2-3-10-22/h4-8,11-12H,2-3,9-10,13H2,1H3. The fourth-order valence-corrected chi connectivity index (χ4v) is 3.21. The normalized spacial score (nSPS) is 14.9. The largest absolute Gasteiger partial charge is 0.497 e. The molecule has 3 aromatic rings. The molecule has 0 radical (unpaired) electrons. The summed E-state index contributed by atoms with van der Waals surface area (Å²) in [6.45, 7) is 2.85. The van der Waals surface area contributed by atoms with Crippen molar-refractivity contribution >= 4 is 5.78 Å². The Labute approximate surface area is 145 Å². The van der Waals surface area contributed by atoms with Crippen LogP contribution in [0.2, 0.25) is 0 Å². The van der Waals surface area contributed by atoms with Crippen LogP contribution in [0.25, 0.3) is 17.0 Å². The number of rotatable bonds is 4. The molecule has 6 nitrogen and oxygen atoms in total. The molecular formula is C19H20N4O2. The highest BCUT2D eigenvalue weighted by Gasteiger charge is 2.14. The molecule has 0 amide bonds. The SMILES string of the molecule is COc1ccc(-c2ccn3c(=O)cc(CN4CCCC4)nc3n2)cc1. The smallest absolute Gasteiger partial charge is 0.259 e. The van der Waals surface area contributed by atoms with E-state index in [4.69, 9.17) is 4.74 Å². The van der Waals surface area contributed by atoms with Crippen LogP contribution >= 0.6 is 0 Å². The number of methoxy groups -OCH3 is 1. The second kappa shape index (κ2) is 6.64. The summed E-state index contributed by atoms with van der Waals surface area (Å²) in [5, 5.41) is 0. The van der Waals surface area contributed by atoms with Crippen LogP contribution in [0.4, 0.5) is 0 Å². The van der Waals surface area contributed by atoms with Crippen molar-refractivity contribution in [3.8, 4) is 17.0 Å². The molecule has 0 bridgehead atoms. The topological polar surface area (TPSA) is 59.7 Å². The maximum Gasteiger partial charge on any atom is 0.259 e. The number of benzene rings is 1. The van der Waals surface area contributed by atoms with Crippen LogP contribution in [0, 0.1) is 0 Å². The highest BCUT2D eigenvalue weighted by Crippen LogP contribution is 2.20. The van der Waals surface area contributed by atoms with Crippen molar-refractivity contribution in [3.63, 3.8) is 0 Å². The van der Waals surface area contributed by atoms with Gasteiger partial charge in [-0.3, -0.25) is 14.1 Å². The number of hydrogen-bond acceptors (Lipinski definition) is 5. The summed E-state index contributed by atoms with van der Waals surface area (Å²) < 4.78 is 6.67. The van der Waals surface area contributed by atoms with Crippen LogP contribution in [0.5, 0.6) is 5.75 Å². The number of hydrogen-bond donors (Lipinski definition) is 0. The summed E-state index contributed by atoms with van der Waals surface area (Å²) in [5.74, 6) is 1.24. The van der Waals surface area contributed by atoms with Gasteiger partial charge in [-0.05, 0) is 56.3 Å². The Kier molecular flexibility index (Phi) is 4.19. The number of nitrogens with zero attached hydrogens (tertiary/aromatic N) is 4.